The number of carbonyl (C=O) groups is 1. The van der Waals surface area contributed by atoms with Crippen LogP contribution in [0.4, 0.5) is 15.0 Å². The van der Waals surface area contributed by atoms with Crippen molar-refractivity contribution in [2.24, 2.45) is 0 Å². The van der Waals surface area contributed by atoms with Crippen LogP contribution in [0, 0.1) is 13.8 Å². The molecule has 0 saturated carbocycles. The molecule has 38 heavy (non-hydrogen) atoms. The molecular formula is C28H35FN6O3. The van der Waals surface area contributed by atoms with E-state index in [0.29, 0.717) is 30.6 Å². The molecule has 1 aromatic carbocycles. The number of hydrogen-bond donors (Lipinski definition) is 0. The number of piperidine rings is 1. The maximum Gasteiger partial charge on any atom is 0.410 e. The minimum atomic E-state index is -1.19. The highest BCUT2D eigenvalue weighted by Crippen LogP contribution is 2.36. The van der Waals surface area contributed by atoms with Crippen LogP contribution in [0.5, 0.6) is 0 Å². The van der Waals surface area contributed by atoms with Crippen molar-refractivity contribution < 1.29 is 18.7 Å². The van der Waals surface area contributed by atoms with Gasteiger partial charge in [0, 0.05) is 30.5 Å². The first-order chi connectivity index (χ1) is 18.1. The second kappa shape index (κ2) is 9.18. The molecule has 1 amide bonds. The molecule has 9 nitrogen and oxygen atoms in total. The number of halogens is 1. The molecule has 0 spiro atoms. The zero-order valence-corrected chi connectivity index (χ0v) is 22.6. The lowest BCUT2D eigenvalue weighted by Crippen LogP contribution is -2.46. The van der Waals surface area contributed by atoms with Crippen LogP contribution >= 0.6 is 0 Å². The van der Waals surface area contributed by atoms with Crippen molar-refractivity contribution >= 4 is 22.8 Å². The fraction of sp³-hybridized carbons (Fsp3) is 0.571. The number of rotatable bonds is 3. The van der Waals surface area contributed by atoms with Gasteiger partial charge in [0.25, 0.3) is 0 Å². The fourth-order valence-electron chi connectivity index (χ4n) is 6.01. The highest BCUT2D eigenvalue weighted by Gasteiger charge is 2.40. The second-order valence-electron chi connectivity index (χ2n) is 11.8. The van der Waals surface area contributed by atoms with E-state index in [2.05, 4.69) is 16.1 Å². The van der Waals surface area contributed by atoms with E-state index in [1.54, 1.807) is 0 Å². The van der Waals surface area contributed by atoms with E-state index in [1.807, 2.05) is 57.6 Å². The number of hydrogen-bond acceptors (Lipinski definition) is 7. The maximum absolute atomic E-state index is 15.6. The predicted octanol–water partition coefficient (Wildman–Crippen LogP) is 4.47. The topological polar surface area (TPSA) is 85.6 Å². The van der Waals surface area contributed by atoms with Gasteiger partial charge in [-0.3, -0.25) is 0 Å². The molecule has 3 aliphatic heterocycles. The van der Waals surface area contributed by atoms with Crippen LogP contribution < -0.4 is 4.90 Å². The number of fused-ring (bicyclic) bond motifs is 3. The van der Waals surface area contributed by atoms with Crippen LogP contribution in [0.25, 0.3) is 16.7 Å². The summed E-state index contributed by atoms with van der Waals surface area (Å²) in [5.41, 5.74) is 2.22. The van der Waals surface area contributed by atoms with Crippen molar-refractivity contribution in [3.8, 4) is 5.82 Å². The number of benzene rings is 1. The second-order valence-corrected chi connectivity index (χ2v) is 11.8. The summed E-state index contributed by atoms with van der Waals surface area (Å²) in [5.74, 6) is 1.94. The number of alkyl halides is 1. The van der Waals surface area contributed by atoms with Gasteiger partial charge in [-0.05, 0) is 70.7 Å². The highest BCUT2D eigenvalue weighted by atomic mass is 19.1. The Bertz CT molecular complexity index is 1380. The minimum Gasteiger partial charge on any atom is -0.444 e. The number of nitrogens with zero attached hydrogens (tertiary/aromatic N) is 6. The van der Waals surface area contributed by atoms with Gasteiger partial charge in [0.05, 0.1) is 37.0 Å². The number of amides is 1. The van der Waals surface area contributed by atoms with Crippen LogP contribution in [0.1, 0.15) is 56.5 Å². The number of likely N-dealkylation sites (tertiary alicyclic amines) is 1. The Morgan fingerprint density at radius 2 is 1.92 bits per heavy atom. The first-order valence-corrected chi connectivity index (χ1v) is 13.4. The van der Waals surface area contributed by atoms with E-state index in [1.165, 1.54) is 4.90 Å². The van der Waals surface area contributed by atoms with Crippen molar-refractivity contribution in [1.82, 2.24) is 24.6 Å². The molecular weight excluding hydrogens is 487 g/mol. The Hall–Kier alpha value is -3.27. The third kappa shape index (κ3) is 4.59. The molecule has 10 heteroatoms. The Morgan fingerprint density at radius 3 is 2.61 bits per heavy atom. The largest absolute Gasteiger partial charge is 0.444 e. The van der Waals surface area contributed by atoms with Crippen molar-refractivity contribution in [2.75, 3.05) is 31.1 Å². The Morgan fingerprint density at radius 1 is 1.13 bits per heavy atom. The van der Waals surface area contributed by atoms with E-state index in [-0.39, 0.29) is 18.6 Å². The lowest BCUT2D eigenvalue weighted by Gasteiger charge is -2.36. The molecule has 0 N–H and O–H groups in total. The third-order valence-electron chi connectivity index (χ3n) is 7.77. The first kappa shape index (κ1) is 25.0. The molecule has 5 heterocycles. The SMILES string of the molecule is Cc1nc(N2CC3CC2CO3)cc(-n2ncc3cc(C)c(C4CCN(C(=O)OC(C)(C)C)CC4F)cc32)n1. The molecule has 202 valence electrons. The maximum atomic E-state index is 15.6. The Kier molecular flexibility index (Phi) is 6.05. The van der Waals surface area contributed by atoms with Gasteiger partial charge in [0.15, 0.2) is 5.82 Å². The number of carbonyl (C=O) groups excluding carboxylic acids is 1. The number of ether oxygens (including phenoxy) is 2. The summed E-state index contributed by atoms with van der Waals surface area (Å²) in [5, 5.41) is 5.63. The van der Waals surface area contributed by atoms with Gasteiger partial charge in [-0.1, -0.05) is 0 Å². The van der Waals surface area contributed by atoms with E-state index in [0.717, 1.165) is 47.4 Å². The third-order valence-corrected chi connectivity index (χ3v) is 7.77. The van der Waals surface area contributed by atoms with Gasteiger partial charge in [-0.25, -0.2) is 23.8 Å². The van der Waals surface area contributed by atoms with Gasteiger partial charge in [-0.2, -0.15) is 5.10 Å². The van der Waals surface area contributed by atoms with Gasteiger partial charge < -0.3 is 19.3 Å². The summed E-state index contributed by atoms with van der Waals surface area (Å²) in [6.07, 6.45) is 2.00. The molecule has 4 atom stereocenters. The molecule has 2 bridgehead atoms. The summed E-state index contributed by atoms with van der Waals surface area (Å²) < 4.78 is 28.6. The Balaban J connectivity index is 1.29. The molecule has 3 aromatic rings. The van der Waals surface area contributed by atoms with Crippen LogP contribution in [-0.4, -0.2) is 80.9 Å². The molecule has 0 aliphatic carbocycles. The molecule has 3 aliphatic rings. The summed E-state index contributed by atoms with van der Waals surface area (Å²) in [4.78, 5) is 25.7. The molecule has 3 saturated heterocycles. The van der Waals surface area contributed by atoms with Gasteiger partial charge in [0.1, 0.15) is 23.4 Å². The smallest absolute Gasteiger partial charge is 0.410 e. The molecule has 6 rings (SSSR count). The first-order valence-electron chi connectivity index (χ1n) is 13.4. The fourth-order valence-corrected chi connectivity index (χ4v) is 6.01. The molecule has 2 aromatic heterocycles. The standard InChI is InChI=1S/C28H35FN6O3/c1-16-8-18-12-30-35(26-11-25(31-17(2)32-26)34-13-20-9-19(34)15-37-20)24(18)10-22(16)21-6-7-33(14-23(21)29)27(36)38-28(3,4)5/h8,10-12,19-21,23H,6-7,9,13-15H2,1-5H3. The average molecular weight is 523 g/mol. The van der Waals surface area contributed by atoms with Crippen molar-refractivity contribution in [3.05, 3.63) is 41.3 Å². The summed E-state index contributed by atoms with van der Waals surface area (Å²) in [6, 6.07) is 6.43. The molecule has 0 radical (unpaired) electrons. The van der Waals surface area contributed by atoms with Crippen LogP contribution in [0.2, 0.25) is 0 Å². The number of aryl methyl sites for hydroxylation is 2. The summed E-state index contributed by atoms with van der Waals surface area (Å²) >= 11 is 0. The van der Waals surface area contributed by atoms with Crippen molar-refractivity contribution in [3.63, 3.8) is 0 Å². The summed E-state index contributed by atoms with van der Waals surface area (Å²) in [7, 11) is 0. The van der Waals surface area contributed by atoms with E-state index >= 15 is 4.39 Å². The summed E-state index contributed by atoms with van der Waals surface area (Å²) in [6.45, 7) is 11.4. The predicted molar refractivity (Wildman–Crippen MR) is 142 cm³/mol. The normalized spacial score (nSPS) is 25.4. The monoisotopic (exact) mass is 522 g/mol. The van der Waals surface area contributed by atoms with E-state index in [9.17, 15) is 4.79 Å². The zero-order chi connectivity index (χ0) is 26.8. The number of aromatic nitrogens is 4. The molecule has 3 fully saturated rings. The van der Waals surface area contributed by atoms with Crippen LogP contribution in [-0.2, 0) is 9.47 Å². The van der Waals surface area contributed by atoms with Crippen LogP contribution in [0.15, 0.2) is 24.4 Å². The van der Waals surface area contributed by atoms with Crippen LogP contribution in [0.3, 0.4) is 0 Å². The lowest BCUT2D eigenvalue weighted by molar-refractivity contribution is 0.0111. The molecule has 4 unspecified atom stereocenters. The average Bonchev–Trinajstić information content (AvgIpc) is 3.58. The van der Waals surface area contributed by atoms with Crippen molar-refractivity contribution in [2.45, 2.75) is 77.3 Å². The van der Waals surface area contributed by atoms with Crippen molar-refractivity contribution in [1.29, 1.82) is 0 Å². The van der Waals surface area contributed by atoms with Gasteiger partial charge >= 0.3 is 6.09 Å². The highest BCUT2D eigenvalue weighted by molar-refractivity contribution is 5.82. The van der Waals surface area contributed by atoms with E-state index < -0.39 is 17.9 Å². The van der Waals surface area contributed by atoms with Gasteiger partial charge in [0.2, 0.25) is 0 Å². The minimum absolute atomic E-state index is 0.0203. The Labute approximate surface area is 221 Å². The number of anilines is 1. The lowest BCUT2D eigenvalue weighted by atomic mass is 9.85. The number of morpholine rings is 1. The van der Waals surface area contributed by atoms with Gasteiger partial charge in [-0.15, -0.1) is 0 Å². The quantitative estimate of drug-likeness (QED) is 0.502. The zero-order valence-electron chi connectivity index (χ0n) is 22.6. The van der Waals surface area contributed by atoms with E-state index in [4.69, 9.17) is 19.4 Å².